The monoisotopic (exact) mass is 290 g/mol. The Morgan fingerprint density at radius 1 is 1.38 bits per heavy atom. The summed E-state index contributed by atoms with van der Waals surface area (Å²) >= 11 is 0. The van der Waals surface area contributed by atoms with Crippen molar-refractivity contribution in [3.63, 3.8) is 0 Å². The topological polar surface area (TPSA) is 64.4 Å². The quantitative estimate of drug-likeness (QED) is 0.668. The van der Waals surface area contributed by atoms with E-state index in [0.717, 1.165) is 31.6 Å². The lowest BCUT2D eigenvalue weighted by atomic mass is 9.57. The van der Waals surface area contributed by atoms with Gasteiger partial charge in [-0.05, 0) is 24.9 Å². The molecule has 1 N–H and O–H groups in total. The first kappa shape index (κ1) is 14.5. The predicted molar refractivity (Wildman–Crippen MR) is 80.2 cm³/mol. The van der Waals surface area contributed by atoms with E-state index >= 15 is 0 Å². The number of nitrogens with one attached hydrogen (secondary N) is 1. The second-order valence-corrected chi connectivity index (χ2v) is 6.67. The molecule has 21 heavy (non-hydrogen) atoms. The number of nitro benzene ring substituents is 1. The molecule has 1 aromatic carbocycles. The van der Waals surface area contributed by atoms with Crippen LogP contribution in [-0.2, 0) is 11.2 Å². The van der Waals surface area contributed by atoms with E-state index in [-0.39, 0.29) is 16.0 Å². The average molecular weight is 290 g/mol. The average Bonchev–Trinajstić information content (AvgIpc) is 2.90. The van der Waals surface area contributed by atoms with Gasteiger partial charge >= 0.3 is 0 Å². The zero-order valence-corrected chi connectivity index (χ0v) is 12.5. The zero-order valence-electron chi connectivity index (χ0n) is 12.5. The van der Waals surface area contributed by atoms with Crippen molar-refractivity contribution < 1.29 is 9.66 Å². The molecule has 5 nitrogen and oxygen atoms in total. The van der Waals surface area contributed by atoms with E-state index in [1.165, 1.54) is 0 Å². The van der Waals surface area contributed by atoms with Gasteiger partial charge in [0.2, 0.25) is 0 Å². The standard InChI is InChI=1S/C16H22N2O3/c1-16(2)14(13-8-10-21-15(13)16)17-9-7-11-3-5-12(6-4-11)18(19)20/h3-6,13-15,17H,7-10H2,1-2H3. The number of ether oxygens (including phenoxy) is 1. The second kappa shape index (κ2) is 5.39. The second-order valence-electron chi connectivity index (χ2n) is 6.67. The number of nitro groups is 1. The molecule has 0 amide bonds. The SMILES string of the molecule is CC1(C)C(NCCc2ccc([N+](=O)[O-])cc2)C2CCOC21. The molecule has 1 aliphatic heterocycles. The summed E-state index contributed by atoms with van der Waals surface area (Å²) in [5.74, 6) is 0.650. The van der Waals surface area contributed by atoms with Gasteiger partial charge < -0.3 is 10.1 Å². The van der Waals surface area contributed by atoms with E-state index in [9.17, 15) is 10.1 Å². The van der Waals surface area contributed by atoms with Crippen LogP contribution in [0.3, 0.4) is 0 Å². The van der Waals surface area contributed by atoms with Gasteiger partial charge in [-0.2, -0.15) is 0 Å². The van der Waals surface area contributed by atoms with Crippen LogP contribution in [0.5, 0.6) is 0 Å². The van der Waals surface area contributed by atoms with E-state index in [1.807, 2.05) is 12.1 Å². The van der Waals surface area contributed by atoms with Gasteiger partial charge in [0, 0.05) is 36.1 Å². The highest BCUT2D eigenvalue weighted by Gasteiger charge is 2.58. The Kier molecular flexibility index (Phi) is 3.71. The molecule has 0 spiro atoms. The fourth-order valence-corrected chi connectivity index (χ4v) is 3.89. The zero-order chi connectivity index (χ0) is 15.0. The molecule has 5 heteroatoms. The summed E-state index contributed by atoms with van der Waals surface area (Å²) in [6.07, 6.45) is 2.46. The molecular formula is C16H22N2O3. The molecule has 2 aliphatic rings. The number of benzene rings is 1. The summed E-state index contributed by atoms with van der Waals surface area (Å²) < 4.78 is 5.79. The molecule has 1 heterocycles. The lowest BCUT2D eigenvalue weighted by molar-refractivity contribution is -0.384. The van der Waals surface area contributed by atoms with Crippen molar-refractivity contribution >= 4 is 5.69 Å². The van der Waals surface area contributed by atoms with Crippen LogP contribution in [-0.4, -0.2) is 30.2 Å². The third-order valence-electron chi connectivity index (χ3n) is 5.03. The molecule has 3 rings (SSSR count). The molecule has 0 bridgehead atoms. The van der Waals surface area contributed by atoms with Gasteiger partial charge in [0.1, 0.15) is 0 Å². The van der Waals surface area contributed by atoms with Crippen LogP contribution in [0.4, 0.5) is 5.69 Å². The number of fused-ring (bicyclic) bond motifs is 1. The summed E-state index contributed by atoms with van der Waals surface area (Å²) in [6, 6.07) is 7.34. The van der Waals surface area contributed by atoms with Gasteiger partial charge in [-0.3, -0.25) is 10.1 Å². The molecule has 1 aliphatic carbocycles. The molecule has 3 unspecified atom stereocenters. The van der Waals surface area contributed by atoms with Crippen LogP contribution < -0.4 is 5.32 Å². The Bertz CT molecular complexity index is 527. The fraction of sp³-hybridized carbons (Fsp3) is 0.625. The highest BCUT2D eigenvalue weighted by Crippen LogP contribution is 2.51. The summed E-state index contributed by atoms with van der Waals surface area (Å²) in [5.41, 5.74) is 1.48. The van der Waals surface area contributed by atoms with Crippen molar-refractivity contribution in [2.75, 3.05) is 13.2 Å². The summed E-state index contributed by atoms with van der Waals surface area (Å²) in [4.78, 5) is 10.3. The maximum absolute atomic E-state index is 10.6. The molecule has 1 saturated heterocycles. The van der Waals surface area contributed by atoms with Crippen LogP contribution in [0.25, 0.3) is 0 Å². The lowest BCUT2D eigenvalue weighted by Crippen LogP contribution is -2.66. The number of hydrogen-bond acceptors (Lipinski definition) is 4. The van der Waals surface area contributed by atoms with E-state index in [2.05, 4.69) is 19.2 Å². The maximum Gasteiger partial charge on any atom is 0.269 e. The smallest absolute Gasteiger partial charge is 0.269 e. The van der Waals surface area contributed by atoms with Crippen LogP contribution in [0.2, 0.25) is 0 Å². The summed E-state index contributed by atoms with van der Waals surface area (Å²) in [5, 5.41) is 14.3. The van der Waals surface area contributed by atoms with E-state index in [1.54, 1.807) is 12.1 Å². The Morgan fingerprint density at radius 2 is 2.10 bits per heavy atom. The predicted octanol–water partition coefficient (Wildman–Crippen LogP) is 2.54. The molecular weight excluding hydrogens is 268 g/mol. The minimum Gasteiger partial charge on any atom is -0.377 e. The van der Waals surface area contributed by atoms with Crippen LogP contribution in [0.1, 0.15) is 25.8 Å². The fourth-order valence-electron chi connectivity index (χ4n) is 3.89. The van der Waals surface area contributed by atoms with E-state index < -0.39 is 0 Å². The Morgan fingerprint density at radius 3 is 2.76 bits per heavy atom. The molecule has 1 saturated carbocycles. The first-order valence-electron chi connectivity index (χ1n) is 7.58. The number of non-ortho nitro benzene ring substituents is 1. The van der Waals surface area contributed by atoms with E-state index in [0.29, 0.717) is 18.1 Å². The van der Waals surface area contributed by atoms with Crippen LogP contribution in [0.15, 0.2) is 24.3 Å². The molecule has 0 aromatic heterocycles. The Hall–Kier alpha value is -1.46. The first-order valence-corrected chi connectivity index (χ1v) is 7.58. The number of nitrogens with zero attached hydrogens (tertiary/aromatic N) is 1. The van der Waals surface area contributed by atoms with Gasteiger partial charge in [0.05, 0.1) is 11.0 Å². The minimum atomic E-state index is -0.362. The van der Waals surface area contributed by atoms with Gasteiger partial charge in [0.25, 0.3) is 5.69 Å². The van der Waals surface area contributed by atoms with Gasteiger partial charge in [-0.25, -0.2) is 0 Å². The van der Waals surface area contributed by atoms with Crippen molar-refractivity contribution in [1.29, 1.82) is 0 Å². The van der Waals surface area contributed by atoms with Gasteiger partial charge in [0.15, 0.2) is 0 Å². The summed E-state index contributed by atoms with van der Waals surface area (Å²) in [6.45, 7) is 6.32. The van der Waals surface area contributed by atoms with Crippen molar-refractivity contribution in [3.8, 4) is 0 Å². The third kappa shape index (κ3) is 2.56. The third-order valence-corrected chi connectivity index (χ3v) is 5.03. The van der Waals surface area contributed by atoms with Crippen LogP contribution in [0, 0.1) is 21.4 Å². The Labute approximate surface area is 124 Å². The van der Waals surface area contributed by atoms with Crippen molar-refractivity contribution in [2.24, 2.45) is 11.3 Å². The molecule has 1 aromatic rings. The highest BCUT2D eigenvalue weighted by atomic mass is 16.6. The number of rotatable bonds is 5. The first-order chi connectivity index (χ1) is 10.00. The maximum atomic E-state index is 10.6. The molecule has 2 fully saturated rings. The Balaban J connectivity index is 1.51. The van der Waals surface area contributed by atoms with E-state index in [4.69, 9.17) is 4.74 Å². The molecule has 114 valence electrons. The largest absolute Gasteiger partial charge is 0.377 e. The highest BCUT2D eigenvalue weighted by molar-refractivity contribution is 5.33. The van der Waals surface area contributed by atoms with Gasteiger partial charge in [-0.15, -0.1) is 0 Å². The van der Waals surface area contributed by atoms with Crippen LogP contribution >= 0.6 is 0 Å². The van der Waals surface area contributed by atoms with Crippen molar-refractivity contribution in [1.82, 2.24) is 5.32 Å². The molecule has 0 radical (unpaired) electrons. The lowest BCUT2D eigenvalue weighted by Gasteiger charge is -2.55. The normalized spacial score (nSPS) is 29.7. The number of hydrogen-bond donors (Lipinski definition) is 1. The summed E-state index contributed by atoms with van der Waals surface area (Å²) in [7, 11) is 0. The minimum absolute atomic E-state index is 0.151. The van der Waals surface area contributed by atoms with Crippen molar-refractivity contribution in [3.05, 3.63) is 39.9 Å². The van der Waals surface area contributed by atoms with Gasteiger partial charge in [-0.1, -0.05) is 26.0 Å². The molecule has 3 atom stereocenters. The van der Waals surface area contributed by atoms with Crippen molar-refractivity contribution in [2.45, 2.75) is 38.8 Å².